The van der Waals surface area contributed by atoms with E-state index in [-0.39, 0.29) is 6.03 Å². The third kappa shape index (κ3) is 3.70. The van der Waals surface area contributed by atoms with Gasteiger partial charge in [0.15, 0.2) is 0 Å². The van der Waals surface area contributed by atoms with Gasteiger partial charge in [0.05, 0.1) is 6.10 Å². The summed E-state index contributed by atoms with van der Waals surface area (Å²) in [6, 6.07) is 7.19. The fourth-order valence-corrected chi connectivity index (χ4v) is 2.15. The monoisotopic (exact) mass is 262 g/mol. The van der Waals surface area contributed by atoms with Crippen molar-refractivity contribution in [3.8, 4) is 0 Å². The zero-order valence-corrected chi connectivity index (χ0v) is 11.8. The van der Waals surface area contributed by atoms with E-state index in [0.29, 0.717) is 5.92 Å². The molecule has 0 spiro atoms. The molecule has 1 fully saturated rings. The lowest BCUT2D eigenvalue weighted by Gasteiger charge is -2.18. The summed E-state index contributed by atoms with van der Waals surface area (Å²) in [6.07, 6.45) is 0.740. The second-order valence-corrected chi connectivity index (χ2v) is 5.58. The van der Waals surface area contributed by atoms with Gasteiger partial charge in [0, 0.05) is 19.3 Å². The predicted octanol–water partition coefficient (Wildman–Crippen LogP) is 2.86. The minimum atomic E-state index is -0.483. The van der Waals surface area contributed by atoms with Gasteiger partial charge in [-0.15, -0.1) is 0 Å². The molecule has 0 aromatic heterocycles. The molecule has 0 aliphatic heterocycles. The Morgan fingerprint density at radius 2 is 2.05 bits per heavy atom. The zero-order valence-electron chi connectivity index (χ0n) is 11.8. The normalized spacial score (nSPS) is 22.7. The number of amides is 2. The van der Waals surface area contributed by atoms with Crippen LogP contribution in [0.4, 0.5) is 10.5 Å². The Hall–Kier alpha value is -1.55. The molecule has 1 aliphatic carbocycles. The number of nitrogens with one attached hydrogen (secondary N) is 1. The van der Waals surface area contributed by atoms with E-state index in [1.807, 2.05) is 31.3 Å². The van der Waals surface area contributed by atoms with Crippen molar-refractivity contribution in [2.75, 3.05) is 18.9 Å². The molecule has 0 radical (unpaired) electrons. The predicted molar refractivity (Wildman–Crippen MR) is 76.0 cm³/mol. The Morgan fingerprint density at radius 1 is 1.47 bits per heavy atom. The molecule has 1 aliphatic rings. The van der Waals surface area contributed by atoms with Crippen LogP contribution in [0.1, 0.15) is 31.9 Å². The maximum Gasteiger partial charge on any atom is 0.321 e. The summed E-state index contributed by atoms with van der Waals surface area (Å²) in [4.78, 5) is 13.7. The van der Waals surface area contributed by atoms with Gasteiger partial charge in [-0.25, -0.2) is 4.79 Å². The highest BCUT2D eigenvalue weighted by Gasteiger charge is 2.34. The second-order valence-electron chi connectivity index (χ2n) is 5.58. The first kappa shape index (κ1) is 13.9. The average Bonchev–Trinajstić information content (AvgIpc) is 3.05. The lowest BCUT2D eigenvalue weighted by atomic mass is 10.1. The molecule has 104 valence electrons. The summed E-state index contributed by atoms with van der Waals surface area (Å²) < 4.78 is 0. The van der Waals surface area contributed by atoms with Crippen LogP contribution in [-0.4, -0.2) is 29.6 Å². The first-order chi connectivity index (χ1) is 8.97. The lowest BCUT2D eigenvalue weighted by Crippen LogP contribution is -2.33. The van der Waals surface area contributed by atoms with Crippen LogP contribution in [0.5, 0.6) is 0 Å². The molecule has 2 rings (SSSR count). The molecule has 0 heterocycles. The number of hydrogen-bond donors (Lipinski definition) is 2. The Bertz CT molecular complexity index is 442. The number of carbonyl (C=O) groups excluding carboxylic acids is 1. The Kier molecular flexibility index (Phi) is 4.10. The molecular formula is C15H22N2O2. The highest BCUT2D eigenvalue weighted by molar-refractivity contribution is 5.89. The first-order valence-corrected chi connectivity index (χ1v) is 6.77. The number of urea groups is 1. The summed E-state index contributed by atoms with van der Waals surface area (Å²) in [6.45, 7) is 4.75. The third-order valence-corrected chi connectivity index (χ3v) is 3.78. The molecule has 1 saturated carbocycles. The van der Waals surface area contributed by atoms with E-state index >= 15 is 0 Å². The highest BCUT2D eigenvalue weighted by Crippen LogP contribution is 2.37. The highest BCUT2D eigenvalue weighted by atomic mass is 16.3. The number of anilines is 1. The van der Waals surface area contributed by atoms with Gasteiger partial charge in [0.2, 0.25) is 0 Å². The molecule has 4 nitrogen and oxygen atoms in total. The summed E-state index contributed by atoms with van der Waals surface area (Å²) in [5.41, 5.74) is 1.60. The fraction of sp³-hybridized carbons (Fsp3) is 0.533. The SMILES string of the molecule is CC(O)c1ccc(NC(=O)N(C)CC2CC2C)cc1. The molecule has 2 amide bonds. The van der Waals surface area contributed by atoms with E-state index in [4.69, 9.17) is 0 Å². The molecule has 19 heavy (non-hydrogen) atoms. The second kappa shape index (κ2) is 5.61. The van der Waals surface area contributed by atoms with E-state index in [1.165, 1.54) is 6.42 Å². The van der Waals surface area contributed by atoms with Crippen molar-refractivity contribution in [3.05, 3.63) is 29.8 Å². The van der Waals surface area contributed by atoms with Crippen LogP contribution in [0.15, 0.2) is 24.3 Å². The van der Waals surface area contributed by atoms with Crippen molar-refractivity contribution in [2.45, 2.75) is 26.4 Å². The number of carbonyl (C=O) groups is 1. The summed E-state index contributed by atoms with van der Waals surface area (Å²) in [5.74, 6) is 1.41. The van der Waals surface area contributed by atoms with Crippen molar-refractivity contribution in [1.29, 1.82) is 0 Å². The van der Waals surface area contributed by atoms with Gasteiger partial charge in [-0.1, -0.05) is 19.1 Å². The van der Waals surface area contributed by atoms with Crippen LogP contribution in [0.2, 0.25) is 0 Å². The van der Waals surface area contributed by atoms with Crippen molar-refractivity contribution < 1.29 is 9.90 Å². The van der Waals surface area contributed by atoms with Crippen LogP contribution >= 0.6 is 0 Å². The van der Waals surface area contributed by atoms with Gasteiger partial charge in [-0.3, -0.25) is 0 Å². The standard InChI is InChI=1S/C15H22N2O2/c1-10-8-13(10)9-17(3)15(19)16-14-6-4-12(5-7-14)11(2)18/h4-7,10-11,13,18H,8-9H2,1-3H3,(H,16,19). The summed E-state index contributed by atoms with van der Waals surface area (Å²) in [5, 5.41) is 12.3. The number of hydrogen-bond acceptors (Lipinski definition) is 2. The smallest absolute Gasteiger partial charge is 0.321 e. The Labute approximate surface area is 114 Å². The number of aliphatic hydroxyl groups excluding tert-OH is 1. The average molecular weight is 262 g/mol. The Morgan fingerprint density at radius 3 is 2.53 bits per heavy atom. The summed E-state index contributed by atoms with van der Waals surface area (Å²) >= 11 is 0. The molecule has 1 aromatic rings. The maximum absolute atomic E-state index is 12.0. The number of nitrogens with zero attached hydrogens (tertiary/aromatic N) is 1. The molecular weight excluding hydrogens is 240 g/mol. The number of benzene rings is 1. The van der Waals surface area contributed by atoms with Crippen LogP contribution in [0.3, 0.4) is 0 Å². The van der Waals surface area contributed by atoms with Gasteiger partial charge in [0.1, 0.15) is 0 Å². The largest absolute Gasteiger partial charge is 0.389 e. The zero-order chi connectivity index (χ0) is 14.0. The van der Waals surface area contributed by atoms with Crippen LogP contribution < -0.4 is 5.32 Å². The molecule has 0 bridgehead atoms. The number of rotatable bonds is 4. The van der Waals surface area contributed by atoms with E-state index in [1.54, 1.807) is 11.8 Å². The molecule has 4 heteroatoms. The molecule has 2 N–H and O–H groups in total. The van der Waals surface area contributed by atoms with Gasteiger partial charge in [-0.2, -0.15) is 0 Å². The van der Waals surface area contributed by atoms with Crippen molar-refractivity contribution in [1.82, 2.24) is 4.90 Å². The fourth-order valence-electron chi connectivity index (χ4n) is 2.15. The van der Waals surface area contributed by atoms with Crippen LogP contribution in [0.25, 0.3) is 0 Å². The van der Waals surface area contributed by atoms with Gasteiger partial charge < -0.3 is 15.3 Å². The van der Waals surface area contributed by atoms with E-state index in [9.17, 15) is 9.90 Å². The molecule has 1 aromatic carbocycles. The maximum atomic E-state index is 12.0. The van der Waals surface area contributed by atoms with E-state index in [2.05, 4.69) is 12.2 Å². The van der Waals surface area contributed by atoms with Crippen LogP contribution in [-0.2, 0) is 0 Å². The molecule has 0 saturated heterocycles. The molecule has 3 atom stereocenters. The van der Waals surface area contributed by atoms with Gasteiger partial charge in [0.25, 0.3) is 0 Å². The first-order valence-electron chi connectivity index (χ1n) is 6.77. The summed E-state index contributed by atoms with van der Waals surface area (Å²) in [7, 11) is 1.82. The van der Waals surface area contributed by atoms with Crippen molar-refractivity contribution >= 4 is 11.7 Å². The Balaban J connectivity index is 1.87. The van der Waals surface area contributed by atoms with E-state index < -0.39 is 6.10 Å². The van der Waals surface area contributed by atoms with Gasteiger partial charge in [-0.05, 0) is 42.9 Å². The van der Waals surface area contributed by atoms with Gasteiger partial charge >= 0.3 is 6.03 Å². The van der Waals surface area contributed by atoms with Crippen molar-refractivity contribution in [2.24, 2.45) is 11.8 Å². The lowest BCUT2D eigenvalue weighted by molar-refractivity contribution is 0.199. The van der Waals surface area contributed by atoms with Crippen molar-refractivity contribution in [3.63, 3.8) is 0 Å². The minimum Gasteiger partial charge on any atom is -0.389 e. The molecule has 3 unspecified atom stereocenters. The topological polar surface area (TPSA) is 52.6 Å². The van der Waals surface area contributed by atoms with Crippen LogP contribution in [0, 0.1) is 11.8 Å². The quantitative estimate of drug-likeness (QED) is 0.876. The third-order valence-electron chi connectivity index (χ3n) is 3.78. The number of aliphatic hydroxyl groups is 1. The minimum absolute atomic E-state index is 0.0797. The van der Waals surface area contributed by atoms with E-state index in [0.717, 1.165) is 23.7 Å².